The summed E-state index contributed by atoms with van der Waals surface area (Å²) < 4.78 is 6.95. The minimum Gasteiger partial charge on any atom is -0.484 e. The Kier molecular flexibility index (Phi) is 9.20. The van der Waals surface area contributed by atoms with Gasteiger partial charge in [-0.2, -0.15) is 16.9 Å². The summed E-state index contributed by atoms with van der Waals surface area (Å²) in [5.74, 6) is -0.114. The molecule has 0 radical (unpaired) electrons. The van der Waals surface area contributed by atoms with Crippen molar-refractivity contribution in [2.75, 3.05) is 18.6 Å². The number of hydrazine groups is 1. The summed E-state index contributed by atoms with van der Waals surface area (Å²) >= 11 is 1.55. The first-order chi connectivity index (χ1) is 14.4. The van der Waals surface area contributed by atoms with Crippen LogP contribution in [-0.4, -0.2) is 52.2 Å². The van der Waals surface area contributed by atoms with Gasteiger partial charge in [-0.25, -0.2) is 0 Å². The molecule has 2 aromatic rings. The Bertz CT molecular complexity index is 856. The molecule has 2 rings (SSSR count). The van der Waals surface area contributed by atoms with E-state index in [1.807, 2.05) is 32.2 Å². The maximum Gasteiger partial charge on any atom is 0.260 e. The molecule has 0 bridgehead atoms. The largest absolute Gasteiger partial charge is 0.484 e. The average molecular weight is 434 g/mol. The van der Waals surface area contributed by atoms with Crippen molar-refractivity contribution in [2.24, 2.45) is 0 Å². The van der Waals surface area contributed by atoms with Gasteiger partial charge in [-0.15, -0.1) is 0 Å². The fourth-order valence-electron chi connectivity index (χ4n) is 2.64. The SMILES string of the molecule is CSCCC(NC(=O)COc1ccccc1)C(=O)NNC(=O)Cn1nc(C)cc1C. The number of ether oxygens (including phenoxy) is 1. The highest BCUT2D eigenvalue weighted by atomic mass is 32.2. The van der Waals surface area contributed by atoms with E-state index in [0.29, 0.717) is 17.9 Å². The molecule has 3 amide bonds. The molecule has 1 heterocycles. The molecule has 1 aromatic heterocycles. The summed E-state index contributed by atoms with van der Waals surface area (Å²) in [6.07, 6.45) is 2.32. The van der Waals surface area contributed by atoms with Crippen LogP contribution in [-0.2, 0) is 20.9 Å². The molecule has 1 aromatic carbocycles. The molecule has 1 unspecified atom stereocenters. The molecule has 3 N–H and O–H groups in total. The zero-order valence-electron chi connectivity index (χ0n) is 17.3. The molecule has 0 spiro atoms. The molecular formula is C20H27N5O4S. The summed E-state index contributed by atoms with van der Waals surface area (Å²) in [4.78, 5) is 36.8. The van der Waals surface area contributed by atoms with Crippen molar-refractivity contribution in [2.45, 2.75) is 32.9 Å². The van der Waals surface area contributed by atoms with Crippen molar-refractivity contribution in [1.29, 1.82) is 0 Å². The summed E-state index contributed by atoms with van der Waals surface area (Å²) in [5, 5.41) is 6.86. The molecule has 10 heteroatoms. The van der Waals surface area contributed by atoms with Crippen LogP contribution in [0, 0.1) is 13.8 Å². The maximum absolute atomic E-state index is 12.5. The molecule has 162 valence electrons. The molecule has 0 aliphatic rings. The second-order valence-electron chi connectivity index (χ2n) is 6.63. The number of carbonyl (C=O) groups excluding carboxylic acids is 3. The van der Waals surface area contributed by atoms with Gasteiger partial charge in [-0.1, -0.05) is 18.2 Å². The third kappa shape index (κ3) is 7.78. The van der Waals surface area contributed by atoms with E-state index >= 15 is 0 Å². The lowest BCUT2D eigenvalue weighted by molar-refractivity contribution is -0.133. The zero-order chi connectivity index (χ0) is 21.9. The summed E-state index contributed by atoms with van der Waals surface area (Å²) in [6, 6.07) is 10.00. The van der Waals surface area contributed by atoms with Gasteiger partial charge in [0.05, 0.1) is 5.69 Å². The number of hydrogen-bond acceptors (Lipinski definition) is 6. The van der Waals surface area contributed by atoms with Gasteiger partial charge < -0.3 is 10.1 Å². The van der Waals surface area contributed by atoms with E-state index < -0.39 is 23.8 Å². The molecular weight excluding hydrogens is 406 g/mol. The van der Waals surface area contributed by atoms with Gasteiger partial charge in [-0.05, 0) is 50.5 Å². The summed E-state index contributed by atoms with van der Waals surface area (Å²) in [7, 11) is 0. The number of nitrogens with zero attached hydrogens (tertiary/aromatic N) is 2. The molecule has 0 fully saturated rings. The minimum atomic E-state index is -0.793. The van der Waals surface area contributed by atoms with Crippen LogP contribution in [0.5, 0.6) is 5.75 Å². The Morgan fingerprint density at radius 2 is 1.87 bits per heavy atom. The smallest absolute Gasteiger partial charge is 0.260 e. The van der Waals surface area contributed by atoms with E-state index in [2.05, 4.69) is 21.3 Å². The second kappa shape index (κ2) is 11.9. The number of benzene rings is 1. The van der Waals surface area contributed by atoms with Gasteiger partial charge in [0.2, 0.25) is 0 Å². The Hall–Kier alpha value is -3.01. The van der Waals surface area contributed by atoms with Gasteiger partial charge >= 0.3 is 0 Å². The van der Waals surface area contributed by atoms with Crippen LogP contribution >= 0.6 is 11.8 Å². The lowest BCUT2D eigenvalue weighted by Gasteiger charge is -2.18. The van der Waals surface area contributed by atoms with Crippen LogP contribution in [0.1, 0.15) is 17.8 Å². The Morgan fingerprint density at radius 3 is 2.50 bits per heavy atom. The van der Waals surface area contributed by atoms with E-state index in [9.17, 15) is 14.4 Å². The van der Waals surface area contributed by atoms with E-state index in [4.69, 9.17) is 4.74 Å². The van der Waals surface area contributed by atoms with Crippen LogP contribution in [0.15, 0.2) is 36.4 Å². The number of hydrogen-bond donors (Lipinski definition) is 3. The molecule has 30 heavy (non-hydrogen) atoms. The molecule has 0 saturated heterocycles. The van der Waals surface area contributed by atoms with Crippen molar-refractivity contribution in [1.82, 2.24) is 25.9 Å². The molecule has 9 nitrogen and oxygen atoms in total. The van der Waals surface area contributed by atoms with Crippen LogP contribution in [0.2, 0.25) is 0 Å². The zero-order valence-corrected chi connectivity index (χ0v) is 18.1. The van der Waals surface area contributed by atoms with Gasteiger partial charge in [0.15, 0.2) is 6.61 Å². The number of aryl methyl sites for hydroxylation is 2. The topological polar surface area (TPSA) is 114 Å². The predicted octanol–water partition coefficient (Wildman–Crippen LogP) is 0.964. The number of rotatable bonds is 10. The Labute approximate surface area is 179 Å². The van der Waals surface area contributed by atoms with Crippen LogP contribution in [0.25, 0.3) is 0 Å². The molecule has 0 aliphatic carbocycles. The van der Waals surface area contributed by atoms with Crippen molar-refractivity contribution >= 4 is 29.5 Å². The summed E-state index contributed by atoms with van der Waals surface area (Å²) in [5.41, 5.74) is 6.39. The average Bonchev–Trinajstić information content (AvgIpc) is 3.05. The fourth-order valence-corrected chi connectivity index (χ4v) is 3.11. The first-order valence-electron chi connectivity index (χ1n) is 9.45. The third-order valence-electron chi connectivity index (χ3n) is 4.10. The number of carbonyl (C=O) groups is 3. The highest BCUT2D eigenvalue weighted by molar-refractivity contribution is 7.98. The van der Waals surface area contributed by atoms with Crippen LogP contribution < -0.4 is 20.9 Å². The Balaban J connectivity index is 1.83. The van der Waals surface area contributed by atoms with Gasteiger partial charge in [0.25, 0.3) is 17.7 Å². The van der Waals surface area contributed by atoms with E-state index in [-0.39, 0.29) is 13.2 Å². The highest BCUT2D eigenvalue weighted by Gasteiger charge is 2.21. The lowest BCUT2D eigenvalue weighted by atomic mass is 10.2. The van der Waals surface area contributed by atoms with Crippen molar-refractivity contribution < 1.29 is 19.1 Å². The van der Waals surface area contributed by atoms with Crippen molar-refractivity contribution in [3.05, 3.63) is 47.8 Å². The van der Waals surface area contributed by atoms with Gasteiger partial charge in [-0.3, -0.25) is 29.9 Å². The number of amides is 3. The number of thioether (sulfide) groups is 1. The molecule has 0 saturated carbocycles. The lowest BCUT2D eigenvalue weighted by Crippen LogP contribution is -2.53. The molecule has 0 aliphatic heterocycles. The normalized spacial score (nSPS) is 11.4. The van der Waals surface area contributed by atoms with Gasteiger partial charge in [0, 0.05) is 5.69 Å². The maximum atomic E-state index is 12.5. The second-order valence-corrected chi connectivity index (χ2v) is 7.61. The Morgan fingerprint density at radius 1 is 1.13 bits per heavy atom. The van der Waals surface area contributed by atoms with Crippen molar-refractivity contribution in [3.63, 3.8) is 0 Å². The first kappa shape index (κ1) is 23.3. The van der Waals surface area contributed by atoms with Crippen molar-refractivity contribution in [3.8, 4) is 5.75 Å². The monoisotopic (exact) mass is 433 g/mol. The number of para-hydroxylation sites is 1. The number of nitrogens with one attached hydrogen (secondary N) is 3. The third-order valence-corrected chi connectivity index (χ3v) is 4.74. The van der Waals surface area contributed by atoms with E-state index in [1.54, 1.807) is 40.7 Å². The van der Waals surface area contributed by atoms with Crippen LogP contribution in [0.4, 0.5) is 0 Å². The summed E-state index contributed by atoms with van der Waals surface area (Å²) in [6.45, 7) is 3.45. The van der Waals surface area contributed by atoms with E-state index in [1.165, 1.54) is 0 Å². The van der Waals surface area contributed by atoms with E-state index in [0.717, 1.165) is 11.4 Å². The highest BCUT2D eigenvalue weighted by Crippen LogP contribution is 2.08. The number of aromatic nitrogens is 2. The quantitative estimate of drug-likeness (QED) is 0.481. The molecule has 1 atom stereocenters. The van der Waals surface area contributed by atoms with Gasteiger partial charge in [0.1, 0.15) is 18.3 Å². The first-order valence-corrected chi connectivity index (χ1v) is 10.8. The standard InChI is InChI=1S/C20H27N5O4S/c1-14-11-15(2)25(24-14)12-18(26)22-23-20(28)17(9-10-30-3)21-19(27)13-29-16-7-5-4-6-8-16/h4-8,11,17H,9-10,12-13H2,1-3H3,(H,21,27)(H,22,26)(H,23,28). The fraction of sp³-hybridized carbons (Fsp3) is 0.400. The van der Waals surface area contributed by atoms with Crippen LogP contribution in [0.3, 0.4) is 0 Å². The predicted molar refractivity (Wildman–Crippen MR) is 115 cm³/mol. The minimum absolute atomic E-state index is 0.0211.